The lowest BCUT2D eigenvalue weighted by Gasteiger charge is -2.13. The summed E-state index contributed by atoms with van der Waals surface area (Å²) in [7, 11) is 1.66. The first-order valence-corrected chi connectivity index (χ1v) is 7.13. The van der Waals surface area contributed by atoms with Gasteiger partial charge in [-0.1, -0.05) is 36.4 Å². The Morgan fingerprint density at radius 1 is 1.16 bits per heavy atom. The van der Waals surface area contributed by atoms with Crippen molar-refractivity contribution in [1.82, 2.24) is 0 Å². The summed E-state index contributed by atoms with van der Waals surface area (Å²) in [6.45, 7) is 0. The number of nitrogens with two attached hydrogens (primary N) is 1. The van der Waals surface area contributed by atoms with Gasteiger partial charge in [-0.2, -0.15) is 0 Å². The van der Waals surface area contributed by atoms with Gasteiger partial charge in [-0.05, 0) is 52.0 Å². The molecule has 2 nitrogen and oxygen atoms in total. The van der Waals surface area contributed by atoms with Crippen molar-refractivity contribution >= 4 is 15.9 Å². The summed E-state index contributed by atoms with van der Waals surface area (Å²) < 4.78 is 6.17. The van der Waals surface area contributed by atoms with E-state index >= 15 is 0 Å². The Balaban J connectivity index is 2.00. The Morgan fingerprint density at radius 3 is 2.53 bits per heavy atom. The van der Waals surface area contributed by atoms with Crippen LogP contribution < -0.4 is 10.5 Å². The van der Waals surface area contributed by atoms with Crippen LogP contribution in [0.2, 0.25) is 0 Å². The van der Waals surface area contributed by atoms with Crippen LogP contribution in [0.3, 0.4) is 0 Å². The smallest absolute Gasteiger partial charge is 0.133 e. The van der Waals surface area contributed by atoms with E-state index in [1.807, 2.05) is 24.3 Å². The van der Waals surface area contributed by atoms with E-state index in [9.17, 15) is 0 Å². The number of hydrogen-bond acceptors (Lipinski definition) is 2. The molecule has 100 valence electrons. The maximum atomic E-state index is 6.24. The van der Waals surface area contributed by atoms with Crippen molar-refractivity contribution in [2.45, 2.75) is 18.9 Å². The van der Waals surface area contributed by atoms with Crippen molar-refractivity contribution in [1.29, 1.82) is 0 Å². The van der Waals surface area contributed by atoms with Crippen LogP contribution in [0.15, 0.2) is 53.0 Å². The summed E-state index contributed by atoms with van der Waals surface area (Å²) in [4.78, 5) is 0. The van der Waals surface area contributed by atoms with Crippen molar-refractivity contribution in [3.8, 4) is 5.75 Å². The second-order valence-corrected chi connectivity index (χ2v) is 5.38. The van der Waals surface area contributed by atoms with Crippen molar-refractivity contribution in [3.05, 3.63) is 64.1 Å². The molecule has 19 heavy (non-hydrogen) atoms. The van der Waals surface area contributed by atoms with Crippen molar-refractivity contribution < 1.29 is 4.74 Å². The summed E-state index contributed by atoms with van der Waals surface area (Å²) in [6.07, 6.45) is 1.93. The van der Waals surface area contributed by atoms with E-state index in [1.54, 1.807) is 7.11 Å². The average Bonchev–Trinajstić information content (AvgIpc) is 2.45. The van der Waals surface area contributed by atoms with Crippen LogP contribution in [-0.2, 0) is 6.42 Å². The minimum atomic E-state index is 0.0439. The van der Waals surface area contributed by atoms with Gasteiger partial charge in [0.25, 0.3) is 0 Å². The minimum Gasteiger partial charge on any atom is -0.496 e. The van der Waals surface area contributed by atoms with E-state index in [0.29, 0.717) is 0 Å². The van der Waals surface area contributed by atoms with Crippen LogP contribution in [0, 0.1) is 0 Å². The molecule has 0 aliphatic heterocycles. The summed E-state index contributed by atoms with van der Waals surface area (Å²) in [6, 6.07) is 16.5. The number of ether oxygens (including phenoxy) is 1. The Morgan fingerprint density at radius 2 is 1.89 bits per heavy atom. The highest BCUT2D eigenvalue weighted by Crippen LogP contribution is 2.28. The van der Waals surface area contributed by atoms with Gasteiger partial charge in [0.05, 0.1) is 11.6 Å². The van der Waals surface area contributed by atoms with Gasteiger partial charge in [-0.25, -0.2) is 0 Å². The van der Waals surface area contributed by atoms with Crippen LogP contribution >= 0.6 is 15.9 Å². The maximum absolute atomic E-state index is 6.24. The first kappa shape index (κ1) is 14.1. The van der Waals surface area contributed by atoms with Crippen LogP contribution in [0.4, 0.5) is 0 Å². The van der Waals surface area contributed by atoms with Gasteiger partial charge in [0.15, 0.2) is 0 Å². The van der Waals surface area contributed by atoms with E-state index in [4.69, 9.17) is 10.5 Å². The zero-order valence-electron chi connectivity index (χ0n) is 11.0. The van der Waals surface area contributed by atoms with E-state index in [1.165, 1.54) is 5.56 Å². The fourth-order valence-corrected chi connectivity index (χ4v) is 2.61. The molecule has 0 spiro atoms. The molecular weight excluding hydrogens is 302 g/mol. The molecule has 2 N–H and O–H groups in total. The summed E-state index contributed by atoms with van der Waals surface area (Å²) >= 11 is 3.49. The zero-order chi connectivity index (χ0) is 13.7. The highest BCUT2D eigenvalue weighted by Gasteiger charge is 2.09. The largest absolute Gasteiger partial charge is 0.496 e. The third kappa shape index (κ3) is 3.82. The zero-order valence-corrected chi connectivity index (χ0v) is 12.6. The van der Waals surface area contributed by atoms with E-state index in [0.717, 1.165) is 28.6 Å². The average molecular weight is 320 g/mol. The molecule has 0 saturated heterocycles. The fraction of sp³-hybridized carbons (Fsp3) is 0.250. The first-order valence-electron chi connectivity index (χ1n) is 6.33. The van der Waals surface area contributed by atoms with Crippen LogP contribution in [-0.4, -0.2) is 7.11 Å². The molecule has 3 heteroatoms. The quantitative estimate of drug-likeness (QED) is 0.900. The number of rotatable bonds is 5. The van der Waals surface area contributed by atoms with Gasteiger partial charge in [0.2, 0.25) is 0 Å². The first-order chi connectivity index (χ1) is 9.20. The molecule has 0 bridgehead atoms. The Bertz CT molecular complexity index is 528. The maximum Gasteiger partial charge on any atom is 0.133 e. The highest BCUT2D eigenvalue weighted by molar-refractivity contribution is 9.10. The van der Waals surface area contributed by atoms with Gasteiger partial charge < -0.3 is 10.5 Å². The molecular formula is C16H18BrNO. The van der Waals surface area contributed by atoms with E-state index in [2.05, 4.69) is 40.2 Å². The minimum absolute atomic E-state index is 0.0439. The molecule has 0 heterocycles. The van der Waals surface area contributed by atoms with E-state index in [-0.39, 0.29) is 6.04 Å². The third-order valence-corrected chi connectivity index (χ3v) is 3.81. The van der Waals surface area contributed by atoms with Crippen molar-refractivity contribution in [2.24, 2.45) is 5.73 Å². The SMILES string of the molecule is COc1ccc(C(N)CCc2ccccc2)cc1Br. The summed E-state index contributed by atoms with van der Waals surface area (Å²) in [5.41, 5.74) is 8.69. The number of methoxy groups -OCH3 is 1. The molecule has 0 amide bonds. The lowest BCUT2D eigenvalue weighted by atomic mass is 10.00. The molecule has 1 atom stereocenters. The topological polar surface area (TPSA) is 35.2 Å². The molecule has 2 aromatic carbocycles. The van der Waals surface area contributed by atoms with Gasteiger partial charge in [-0.15, -0.1) is 0 Å². The van der Waals surface area contributed by atoms with Gasteiger partial charge in [0, 0.05) is 6.04 Å². The second kappa shape index (κ2) is 6.73. The molecule has 0 aliphatic rings. The summed E-state index contributed by atoms with van der Waals surface area (Å²) in [5, 5.41) is 0. The third-order valence-electron chi connectivity index (χ3n) is 3.19. The molecule has 0 aliphatic carbocycles. The van der Waals surface area contributed by atoms with Crippen LogP contribution in [0.5, 0.6) is 5.75 Å². The van der Waals surface area contributed by atoms with Crippen LogP contribution in [0.25, 0.3) is 0 Å². The molecule has 0 fully saturated rings. The van der Waals surface area contributed by atoms with Crippen molar-refractivity contribution in [2.75, 3.05) is 7.11 Å². The number of benzene rings is 2. The number of hydrogen-bond donors (Lipinski definition) is 1. The Kier molecular flexibility index (Phi) is 5.00. The molecule has 0 saturated carbocycles. The van der Waals surface area contributed by atoms with E-state index < -0.39 is 0 Å². The predicted molar refractivity (Wildman–Crippen MR) is 82.4 cm³/mol. The number of aryl methyl sites for hydroxylation is 1. The molecule has 0 aromatic heterocycles. The molecule has 2 aromatic rings. The highest BCUT2D eigenvalue weighted by atomic mass is 79.9. The molecule has 1 unspecified atom stereocenters. The summed E-state index contributed by atoms with van der Waals surface area (Å²) in [5.74, 6) is 0.832. The molecule has 2 rings (SSSR count). The van der Waals surface area contributed by atoms with Gasteiger partial charge in [-0.3, -0.25) is 0 Å². The second-order valence-electron chi connectivity index (χ2n) is 4.52. The molecule has 0 radical (unpaired) electrons. The fourth-order valence-electron chi connectivity index (χ4n) is 2.05. The van der Waals surface area contributed by atoms with Gasteiger partial charge >= 0.3 is 0 Å². The monoisotopic (exact) mass is 319 g/mol. The standard InChI is InChI=1S/C16H18BrNO/c1-19-16-10-8-13(11-14(16)17)15(18)9-7-12-5-3-2-4-6-12/h2-6,8,10-11,15H,7,9,18H2,1H3. The lowest BCUT2D eigenvalue weighted by molar-refractivity contribution is 0.412. The van der Waals surface area contributed by atoms with Gasteiger partial charge in [0.1, 0.15) is 5.75 Å². The Hall–Kier alpha value is -1.32. The lowest BCUT2D eigenvalue weighted by Crippen LogP contribution is -2.11. The predicted octanol–water partition coefficient (Wildman–Crippen LogP) is 4.09. The van der Waals surface area contributed by atoms with Crippen LogP contribution in [0.1, 0.15) is 23.6 Å². The Labute approximate surface area is 122 Å². The number of halogens is 1. The van der Waals surface area contributed by atoms with Crippen molar-refractivity contribution in [3.63, 3.8) is 0 Å². The normalized spacial score (nSPS) is 12.2.